The molecule has 0 aliphatic carbocycles. The fourth-order valence-electron chi connectivity index (χ4n) is 2.58. The van der Waals surface area contributed by atoms with E-state index in [0.29, 0.717) is 12.2 Å². The minimum absolute atomic E-state index is 0.275. The Kier molecular flexibility index (Phi) is 6.46. The molecule has 0 aliphatic rings. The lowest BCUT2D eigenvalue weighted by Crippen LogP contribution is -2.25. The minimum atomic E-state index is -0.760. The standard InChI is InChI=1S/C22H18F2N2O2/c23-19-10-6-11-20(24)18(19)14-25-26-22(27)15-28-21-12-5-4-9-17(21)13-16-7-2-1-3-8-16/h1-12,14H,13,15H2,(H,26,27)/b25-14-. The Labute approximate surface area is 161 Å². The molecule has 0 spiro atoms. The molecule has 3 rings (SSSR count). The largest absolute Gasteiger partial charge is 0.483 e. The Morgan fingerprint density at radius 1 is 0.929 bits per heavy atom. The number of hydrogen-bond donors (Lipinski definition) is 1. The van der Waals surface area contributed by atoms with Crippen molar-refractivity contribution in [2.75, 3.05) is 6.61 Å². The molecule has 0 radical (unpaired) electrons. The van der Waals surface area contributed by atoms with Gasteiger partial charge in [0.15, 0.2) is 6.61 Å². The van der Waals surface area contributed by atoms with Crippen molar-refractivity contribution in [3.8, 4) is 5.75 Å². The lowest BCUT2D eigenvalue weighted by atomic mass is 10.0. The van der Waals surface area contributed by atoms with Crippen LogP contribution in [0.1, 0.15) is 16.7 Å². The summed E-state index contributed by atoms with van der Waals surface area (Å²) in [5.41, 5.74) is 3.94. The summed E-state index contributed by atoms with van der Waals surface area (Å²) in [5, 5.41) is 3.58. The Morgan fingerprint density at radius 2 is 1.61 bits per heavy atom. The van der Waals surface area contributed by atoms with Gasteiger partial charge in [0.25, 0.3) is 5.91 Å². The first-order valence-electron chi connectivity index (χ1n) is 8.64. The molecule has 0 aliphatic heterocycles. The van der Waals surface area contributed by atoms with Crippen LogP contribution in [-0.2, 0) is 11.2 Å². The zero-order valence-corrected chi connectivity index (χ0v) is 14.9. The summed E-state index contributed by atoms with van der Waals surface area (Å²) in [6, 6.07) is 20.8. The van der Waals surface area contributed by atoms with E-state index >= 15 is 0 Å². The van der Waals surface area contributed by atoms with Gasteiger partial charge in [0.05, 0.1) is 11.8 Å². The van der Waals surface area contributed by atoms with E-state index in [9.17, 15) is 13.6 Å². The molecular weight excluding hydrogens is 362 g/mol. The molecule has 1 N–H and O–H groups in total. The number of carbonyl (C=O) groups is 1. The van der Waals surface area contributed by atoms with Gasteiger partial charge in [-0.3, -0.25) is 4.79 Å². The van der Waals surface area contributed by atoms with Crippen LogP contribution in [0, 0.1) is 11.6 Å². The van der Waals surface area contributed by atoms with Crippen LogP contribution in [0.15, 0.2) is 77.9 Å². The zero-order chi connectivity index (χ0) is 19.8. The number of hydrogen-bond acceptors (Lipinski definition) is 3. The number of halogens is 2. The number of hydrazone groups is 1. The molecule has 0 saturated heterocycles. The Hall–Kier alpha value is -3.54. The predicted octanol–water partition coefficient (Wildman–Crippen LogP) is 4.08. The molecule has 1 amide bonds. The van der Waals surface area contributed by atoms with Crippen molar-refractivity contribution in [3.05, 3.63) is 101 Å². The summed E-state index contributed by atoms with van der Waals surface area (Å²) in [7, 11) is 0. The van der Waals surface area contributed by atoms with Gasteiger partial charge in [-0.1, -0.05) is 54.6 Å². The van der Waals surface area contributed by atoms with E-state index in [0.717, 1.165) is 29.5 Å². The zero-order valence-electron chi connectivity index (χ0n) is 14.9. The Bertz CT molecular complexity index is 955. The lowest BCUT2D eigenvalue weighted by molar-refractivity contribution is -0.123. The van der Waals surface area contributed by atoms with E-state index in [1.807, 2.05) is 48.5 Å². The van der Waals surface area contributed by atoms with Crippen molar-refractivity contribution in [2.24, 2.45) is 5.10 Å². The fourth-order valence-corrected chi connectivity index (χ4v) is 2.58. The topological polar surface area (TPSA) is 50.7 Å². The van der Waals surface area contributed by atoms with Crippen molar-refractivity contribution >= 4 is 12.1 Å². The molecule has 0 atom stereocenters. The summed E-state index contributed by atoms with van der Waals surface area (Å²) >= 11 is 0. The third-order valence-corrected chi connectivity index (χ3v) is 3.95. The third-order valence-electron chi connectivity index (χ3n) is 3.95. The summed E-state index contributed by atoms with van der Waals surface area (Å²) in [4.78, 5) is 11.9. The predicted molar refractivity (Wildman–Crippen MR) is 103 cm³/mol. The molecule has 0 heterocycles. The number of rotatable bonds is 7. The van der Waals surface area contributed by atoms with Gasteiger partial charge >= 0.3 is 0 Å². The second-order valence-corrected chi connectivity index (χ2v) is 5.99. The van der Waals surface area contributed by atoms with Crippen LogP contribution >= 0.6 is 0 Å². The molecule has 142 valence electrons. The maximum absolute atomic E-state index is 13.5. The Morgan fingerprint density at radius 3 is 2.36 bits per heavy atom. The van der Waals surface area contributed by atoms with Crippen LogP contribution in [0.2, 0.25) is 0 Å². The van der Waals surface area contributed by atoms with Gasteiger partial charge in [0.1, 0.15) is 17.4 Å². The van der Waals surface area contributed by atoms with Crippen molar-refractivity contribution in [1.29, 1.82) is 0 Å². The number of nitrogens with zero attached hydrogens (tertiary/aromatic N) is 1. The summed E-state index contributed by atoms with van der Waals surface area (Å²) < 4.78 is 32.6. The van der Waals surface area contributed by atoms with Gasteiger partial charge in [-0.15, -0.1) is 0 Å². The van der Waals surface area contributed by atoms with Gasteiger partial charge in [0, 0.05) is 6.42 Å². The van der Waals surface area contributed by atoms with Gasteiger partial charge in [0.2, 0.25) is 0 Å². The third kappa shape index (κ3) is 5.23. The number of ether oxygens (including phenoxy) is 1. The van der Waals surface area contributed by atoms with Crippen LogP contribution in [0.4, 0.5) is 8.78 Å². The molecule has 0 fully saturated rings. The quantitative estimate of drug-likeness (QED) is 0.496. The van der Waals surface area contributed by atoms with Crippen LogP contribution in [0.5, 0.6) is 5.75 Å². The van der Waals surface area contributed by atoms with Gasteiger partial charge in [-0.05, 0) is 29.3 Å². The van der Waals surface area contributed by atoms with Crippen LogP contribution in [0.25, 0.3) is 0 Å². The van der Waals surface area contributed by atoms with E-state index in [2.05, 4.69) is 10.5 Å². The lowest BCUT2D eigenvalue weighted by Gasteiger charge is -2.11. The highest BCUT2D eigenvalue weighted by atomic mass is 19.1. The number of carbonyl (C=O) groups excluding carboxylic acids is 1. The maximum Gasteiger partial charge on any atom is 0.277 e. The fraction of sp³-hybridized carbons (Fsp3) is 0.0909. The number of nitrogens with one attached hydrogen (secondary N) is 1. The summed E-state index contributed by atoms with van der Waals surface area (Å²) in [6.45, 7) is -0.275. The second kappa shape index (κ2) is 9.41. The molecule has 0 saturated carbocycles. The maximum atomic E-state index is 13.5. The monoisotopic (exact) mass is 380 g/mol. The Balaban J connectivity index is 1.57. The first kappa shape index (κ1) is 19.2. The average molecular weight is 380 g/mol. The van der Waals surface area contributed by atoms with Gasteiger partial charge in [-0.2, -0.15) is 5.10 Å². The molecule has 4 nitrogen and oxygen atoms in total. The first-order chi connectivity index (χ1) is 13.6. The SMILES string of the molecule is O=C(COc1ccccc1Cc1ccccc1)N/N=C\c1c(F)cccc1F. The molecule has 0 unspecified atom stereocenters. The van der Waals surface area contributed by atoms with Gasteiger partial charge < -0.3 is 4.74 Å². The highest BCUT2D eigenvalue weighted by Gasteiger charge is 2.08. The molecule has 28 heavy (non-hydrogen) atoms. The van der Waals surface area contributed by atoms with E-state index in [1.165, 1.54) is 6.07 Å². The number of benzene rings is 3. The molecule has 3 aromatic rings. The normalized spacial score (nSPS) is 10.8. The van der Waals surface area contributed by atoms with E-state index in [1.54, 1.807) is 6.07 Å². The van der Waals surface area contributed by atoms with E-state index < -0.39 is 17.5 Å². The van der Waals surface area contributed by atoms with Crippen LogP contribution in [-0.4, -0.2) is 18.7 Å². The number of amides is 1. The smallest absolute Gasteiger partial charge is 0.277 e. The molecule has 0 bridgehead atoms. The first-order valence-corrected chi connectivity index (χ1v) is 8.64. The number of para-hydroxylation sites is 1. The molecule has 0 aromatic heterocycles. The van der Waals surface area contributed by atoms with Crippen molar-refractivity contribution < 1.29 is 18.3 Å². The molecular formula is C22H18F2N2O2. The average Bonchev–Trinajstić information content (AvgIpc) is 2.70. The second-order valence-electron chi connectivity index (χ2n) is 5.99. The van der Waals surface area contributed by atoms with Crippen LogP contribution < -0.4 is 10.2 Å². The van der Waals surface area contributed by atoms with Crippen molar-refractivity contribution in [3.63, 3.8) is 0 Å². The molecule has 3 aromatic carbocycles. The van der Waals surface area contributed by atoms with Gasteiger partial charge in [-0.25, -0.2) is 14.2 Å². The summed E-state index contributed by atoms with van der Waals surface area (Å²) in [6.07, 6.45) is 1.59. The summed E-state index contributed by atoms with van der Waals surface area (Å²) in [5.74, 6) is -1.47. The van der Waals surface area contributed by atoms with Crippen molar-refractivity contribution in [2.45, 2.75) is 6.42 Å². The van der Waals surface area contributed by atoms with Crippen molar-refractivity contribution in [1.82, 2.24) is 5.43 Å². The van der Waals surface area contributed by atoms with E-state index in [-0.39, 0.29) is 12.2 Å². The highest BCUT2D eigenvalue weighted by molar-refractivity contribution is 5.83. The highest BCUT2D eigenvalue weighted by Crippen LogP contribution is 2.21. The minimum Gasteiger partial charge on any atom is -0.483 e. The molecule has 6 heteroatoms. The van der Waals surface area contributed by atoms with E-state index in [4.69, 9.17) is 4.74 Å². The van der Waals surface area contributed by atoms with Crippen LogP contribution in [0.3, 0.4) is 0 Å².